The number of thiol groups is 1. The van der Waals surface area contributed by atoms with E-state index in [1.54, 1.807) is 0 Å². The fraction of sp³-hybridized carbons (Fsp3) is 1.00. The van der Waals surface area contributed by atoms with Crippen molar-refractivity contribution in [3.8, 4) is 0 Å². The average molecular weight is 199 g/mol. The van der Waals surface area contributed by atoms with Crippen LogP contribution in [-0.4, -0.2) is 18.5 Å². The molecule has 0 saturated heterocycles. The maximum Gasteiger partial charge on any atom is 0.146 e. The summed E-state index contributed by atoms with van der Waals surface area (Å²) in [6.07, 6.45) is 1.69. The first-order chi connectivity index (χ1) is 3.71. The molecule has 1 saturated carbocycles. The lowest BCUT2D eigenvalue weighted by Crippen LogP contribution is -2.11. The molecule has 1 rings (SSSR count). The molecular weight excluding hydrogens is 192 g/mol. The summed E-state index contributed by atoms with van der Waals surface area (Å²) in [7, 11) is -2.18. The van der Waals surface area contributed by atoms with Crippen molar-refractivity contribution in [1.82, 2.24) is 0 Å². The van der Waals surface area contributed by atoms with Gasteiger partial charge in [-0.05, 0) is 12.8 Å². The molecule has 0 atom stereocenters. The highest BCUT2D eigenvalue weighted by Crippen LogP contribution is 2.40. The van der Waals surface area contributed by atoms with Crippen molar-refractivity contribution in [1.29, 1.82) is 0 Å². The Hall–Kier alpha value is 0.430. The summed E-state index contributed by atoms with van der Waals surface area (Å²) in [5.41, 5.74) is 0. The smallest absolute Gasteiger partial charge is 0.146 e. The summed E-state index contributed by atoms with van der Waals surface area (Å²) in [6.45, 7) is 0. The first-order valence-electron chi connectivity index (χ1n) is 2.42. The molecule has 0 unspecified atom stereocenters. The van der Waals surface area contributed by atoms with E-state index in [0.29, 0.717) is 5.33 Å². The topological polar surface area (TPSA) is 34.1 Å². The van der Waals surface area contributed by atoms with Crippen molar-refractivity contribution in [2.75, 3.05) is 5.33 Å². The van der Waals surface area contributed by atoms with Crippen LogP contribution in [0, 0.1) is 0 Å². The minimum absolute atomic E-state index is 0.338. The van der Waals surface area contributed by atoms with Gasteiger partial charge in [-0.3, -0.25) is 0 Å². The second-order valence-electron chi connectivity index (χ2n) is 2.12. The molecule has 1 fully saturated rings. The summed E-state index contributed by atoms with van der Waals surface area (Å²) >= 11 is 3.15. The fourth-order valence-corrected chi connectivity index (χ4v) is 2.26. The summed E-state index contributed by atoms with van der Waals surface area (Å²) in [5.74, 6) is 0. The van der Waals surface area contributed by atoms with E-state index in [2.05, 4.69) is 15.9 Å². The standard InChI is InChI=1S/C4H7BrO2S/c5-3-4(1-2-4)8(6)7/h8H,1-3H2. The van der Waals surface area contributed by atoms with Crippen molar-refractivity contribution < 1.29 is 8.42 Å². The first kappa shape index (κ1) is 6.55. The van der Waals surface area contributed by atoms with Gasteiger partial charge in [0.05, 0.1) is 4.75 Å². The number of rotatable bonds is 2. The van der Waals surface area contributed by atoms with Crippen molar-refractivity contribution in [3.05, 3.63) is 0 Å². The third kappa shape index (κ3) is 0.910. The Balaban J connectivity index is 2.67. The molecule has 0 aliphatic heterocycles. The normalized spacial score (nSPS) is 23.8. The summed E-state index contributed by atoms with van der Waals surface area (Å²) < 4.78 is 20.3. The quantitative estimate of drug-likeness (QED) is 0.519. The molecule has 0 aromatic heterocycles. The molecule has 48 valence electrons. The number of hydrogen-bond acceptors (Lipinski definition) is 2. The van der Waals surface area contributed by atoms with Gasteiger partial charge in [0, 0.05) is 5.33 Å². The lowest BCUT2D eigenvalue weighted by Gasteiger charge is -1.95. The van der Waals surface area contributed by atoms with Crippen LogP contribution in [0.25, 0.3) is 0 Å². The molecule has 0 aromatic carbocycles. The maximum absolute atomic E-state index is 10.3. The Morgan fingerprint density at radius 2 is 2.00 bits per heavy atom. The average Bonchev–Trinajstić information content (AvgIpc) is 2.44. The van der Waals surface area contributed by atoms with Gasteiger partial charge in [-0.2, -0.15) is 0 Å². The van der Waals surface area contributed by atoms with Crippen molar-refractivity contribution in [2.45, 2.75) is 17.6 Å². The zero-order chi connectivity index (χ0) is 6.20. The van der Waals surface area contributed by atoms with Crippen molar-refractivity contribution in [3.63, 3.8) is 0 Å². The molecule has 0 aromatic rings. The predicted molar refractivity (Wildman–Crippen MR) is 36.1 cm³/mol. The van der Waals surface area contributed by atoms with Gasteiger partial charge >= 0.3 is 0 Å². The van der Waals surface area contributed by atoms with Gasteiger partial charge in [-0.25, -0.2) is 8.42 Å². The number of alkyl halides is 1. The molecule has 0 amide bonds. The number of hydrogen-bond donors (Lipinski definition) is 1. The van der Waals surface area contributed by atoms with Gasteiger partial charge in [0.2, 0.25) is 0 Å². The Morgan fingerprint density at radius 1 is 1.50 bits per heavy atom. The highest BCUT2D eigenvalue weighted by atomic mass is 79.9. The number of halogens is 1. The van der Waals surface area contributed by atoms with Gasteiger partial charge in [0.25, 0.3) is 0 Å². The van der Waals surface area contributed by atoms with E-state index >= 15 is 0 Å². The minimum atomic E-state index is -2.18. The van der Waals surface area contributed by atoms with Gasteiger partial charge in [-0.15, -0.1) is 0 Å². The molecule has 0 spiro atoms. The van der Waals surface area contributed by atoms with E-state index in [0.717, 1.165) is 12.8 Å². The van der Waals surface area contributed by atoms with E-state index < -0.39 is 10.7 Å². The lowest BCUT2D eigenvalue weighted by atomic mass is 10.5. The molecule has 0 bridgehead atoms. The Labute approximate surface area is 58.4 Å². The molecule has 4 heteroatoms. The lowest BCUT2D eigenvalue weighted by molar-refractivity contribution is 0.603. The Bertz CT molecular complexity index is 151. The fourth-order valence-electron chi connectivity index (χ4n) is 0.509. The third-order valence-corrected chi connectivity index (χ3v) is 4.35. The van der Waals surface area contributed by atoms with Crippen molar-refractivity contribution >= 4 is 26.6 Å². The van der Waals surface area contributed by atoms with Gasteiger partial charge in [0.1, 0.15) is 10.7 Å². The van der Waals surface area contributed by atoms with E-state index in [1.165, 1.54) is 0 Å². The molecule has 1 aliphatic rings. The van der Waals surface area contributed by atoms with Gasteiger partial charge in [-0.1, -0.05) is 15.9 Å². The predicted octanol–water partition coefficient (Wildman–Crippen LogP) is 0.525. The minimum Gasteiger partial charge on any atom is -0.231 e. The van der Waals surface area contributed by atoms with Crippen LogP contribution in [0.5, 0.6) is 0 Å². The summed E-state index contributed by atoms with van der Waals surface area (Å²) in [6, 6.07) is 0. The van der Waals surface area contributed by atoms with E-state index in [1.807, 2.05) is 0 Å². The molecule has 0 N–H and O–H groups in total. The maximum atomic E-state index is 10.3. The van der Waals surface area contributed by atoms with Crippen LogP contribution in [0.15, 0.2) is 0 Å². The monoisotopic (exact) mass is 198 g/mol. The second kappa shape index (κ2) is 1.99. The van der Waals surface area contributed by atoms with E-state index in [4.69, 9.17) is 0 Å². The van der Waals surface area contributed by atoms with Gasteiger partial charge < -0.3 is 0 Å². The second-order valence-corrected chi connectivity index (χ2v) is 4.14. The molecule has 2 nitrogen and oxygen atoms in total. The van der Waals surface area contributed by atoms with Crippen LogP contribution in [0.2, 0.25) is 0 Å². The van der Waals surface area contributed by atoms with Crippen LogP contribution < -0.4 is 0 Å². The largest absolute Gasteiger partial charge is 0.231 e. The van der Waals surface area contributed by atoms with Crippen LogP contribution in [0.1, 0.15) is 12.8 Å². The zero-order valence-electron chi connectivity index (χ0n) is 4.26. The Morgan fingerprint density at radius 3 is 2.00 bits per heavy atom. The highest BCUT2D eigenvalue weighted by Gasteiger charge is 2.45. The SMILES string of the molecule is O=[SH](=O)C1(CBr)CC1. The molecule has 1 aliphatic carbocycles. The summed E-state index contributed by atoms with van der Waals surface area (Å²) in [5, 5.41) is 0.610. The van der Waals surface area contributed by atoms with Crippen LogP contribution in [-0.2, 0) is 10.7 Å². The molecule has 0 radical (unpaired) electrons. The van der Waals surface area contributed by atoms with Gasteiger partial charge in [0.15, 0.2) is 0 Å². The van der Waals surface area contributed by atoms with Crippen LogP contribution in [0.3, 0.4) is 0 Å². The zero-order valence-corrected chi connectivity index (χ0v) is 6.74. The van der Waals surface area contributed by atoms with E-state index in [-0.39, 0.29) is 4.75 Å². The first-order valence-corrected chi connectivity index (χ1v) is 4.72. The van der Waals surface area contributed by atoms with E-state index in [9.17, 15) is 8.42 Å². The molecular formula is C4H7BrO2S. The Kier molecular flexibility index (Phi) is 1.63. The highest BCUT2D eigenvalue weighted by molar-refractivity contribution is 9.09. The van der Waals surface area contributed by atoms with Crippen molar-refractivity contribution in [2.24, 2.45) is 0 Å². The molecule has 0 heterocycles. The van der Waals surface area contributed by atoms with Crippen LogP contribution >= 0.6 is 15.9 Å². The molecule has 8 heavy (non-hydrogen) atoms. The summed E-state index contributed by atoms with van der Waals surface area (Å²) in [4.78, 5) is 0. The van der Waals surface area contributed by atoms with Crippen LogP contribution in [0.4, 0.5) is 0 Å². The third-order valence-electron chi connectivity index (χ3n) is 1.46.